The van der Waals surface area contributed by atoms with Crippen molar-refractivity contribution in [1.82, 2.24) is 5.32 Å². The van der Waals surface area contributed by atoms with Crippen molar-refractivity contribution in [3.8, 4) is 11.5 Å². The normalized spacial score (nSPS) is 12.5. The molecule has 2 N–H and O–H groups in total. The fraction of sp³-hybridized carbons (Fsp3) is 0.172. The summed E-state index contributed by atoms with van der Waals surface area (Å²) in [6, 6.07) is 25.6. The Hall–Kier alpha value is -4.39. The number of aliphatic carboxylic acids is 1. The summed E-state index contributed by atoms with van der Waals surface area (Å²) in [4.78, 5) is 25.6. The van der Waals surface area contributed by atoms with Crippen LogP contribution >= 0.6 is 0 Å². The number of hydrogen-bond donors (Lipinski definition) is 2. The quantitative estimate of drug-likeness (QED) is 0.299. The summed E-state index contributed by atoms with van der Waals surface area (Å²) in [7, 11) is 0. The molecule has 0 spiro atoms. The molecule has 184 valence electrons. The molecular formula is C29H26FNO5. The van der Waals surface area contributed by atoms with Gasteiger partial charge in [0.25, 0.3) is 5.91 Å². The molecule has 1 unspecified atom stereocenters. The Morgan fingerprint density at radius 1 is 0.861 bits per heavy atom. The van der Waals surface area contributed by atoms with Crippen LogP contribution in [0.5, 0.6) is 11.5 Å². The number of hydrogen-bond acceptors (Lipinski definition) is 4. The van der Waals surface area contributed by atoms with E-state index in [1.54, 1.807) is 12.1 Å². The number of carboxylic acids is 1. The van der Waals surface area contributed by atoms with Gasteiger partial charge in [0.1, 0.15) is 36.1 Å². The highest BCUT2D eigenvalue weighted by molar-refractivity contribution is 6.05. The summed E-state index contributed by atoms with van der Waals surface area (Å²) in [5.41, 5.74) is -0.529. The largest absolute Gasteiger partial charge is 0.490 e. The first-order chi connectivity index (χ1) is 17.4. The minimum Gasteiger partial charge on any atom is -0.490 e. The highest BCUT2D eigenvalue weighted by atomic mass is 19.1. The van der Waals surface area contributed by atoms with Crippen LogP contribution in [0.15, 0.2) is 91.0 Å². The molecule has 0 radical (unpaired) electrons. The van der Waals surface area contributed by atoms with Crippen LogP contribution in [0.1, 0.15) is 22.8 Å². The molecule has 1 amide bonds. The molecule has 0 aliphatic rings. The van der Waals surface area contributed by atoms with E-state index in [1.165, 1.54) is 31.2 Å². The third-order valence-corrected chi connectivity index (χ3v) is 5.80. The van der Waals surface area contributed by atoms with Crippen molar-refractivity contribution < 1.29 is 28.6 Å². The monoisotopic (exact) mass is 487 g/mol. The van der Waals surface area contributed by atoms with Crippen LogP contribution in [-0.4, -0.2) is 35.7 Å². The number of benzene rings is 4. The Bertz CT molecular complexity index is 1360. The number of carbonyl (C=O) groups is 2. The molecule has 36 heavy (non-hydrogen) atoms. The third kappa shape index (κ3) is 5.81. The molecule has 1 atom stereocenters. The molecule has 0 bridgehead atoms. The second-order valence-corrected chi connectivity index (χ2v) is 8.57. The molecule has 4 aromatic carbocycles. The molecule has 4 aromatic rings. The lowest BCUT2D eigenvalue weighted by Crippen LogP contribution is -2.53. The first-order valence-electron chi connectivity index (χ1n) is 11.5. The summed E-state index contributed by atoms with van der Waals surface area (Å²) in [6.45, 7) is 1.76. The van der Waals surface area contributed by atoms with Gasteiger partial charge in [0.15, 0.2) is 0 Å². The van der Waals surface area contributed by atoms with Crippen LogP contribution in [0.25, 0.3) is 10.8 Å². The zero-order valence-electron chi connectivity index (χ0n) is 19.7. The van der Waals surface area contributed by atoms with E-state index in [-0.39, 0.29) is 31.0 Å². The summed E-state index contributed by atoms with van der Waals surface area (Å²) < 4.78 is 24.7. The van der Waals surface area contributed by atoms with E-state index in [9.17, 15) is 19.1 Å². The first-order valence-corrected chi connectivity index (χ1v) is 11.5. The second-order valence-electron chi connectivity index (χ2n) is 8.57. The fourth-order valence-corrected chi connectivity index (χ4v) is 3.91. The van der Waals surface area contributed by atoms with Gasteiger partial charge in [0.2, 0.25) is 0 Å². The van der Waals surface area contributed by atoms with Crippen LogP contribution in [0.3, 0.4) is 0 Å². The summed E-state index contributed by atoms with van der Waals surface area (Å²) in [5, 5.41) is 14.2. The van der Waals surface area contributed by atoms with Gasteiger partial charge < -0.3 is 19.9 Å². The van der Waals surface area contributed by atoms with Gasteiger partial charge in [-0.15, -0.1) is 0 Å². The first kappa shape index (κ1) is 24.7. The van der Waals surface area contributed by atoms with Gasteiger partial charge >= 0.3 is 5.97 Å². The van der Waals surface area contributed by atoms with E-state index < -0.39 is 17.4 Å². The average Bonchev–Trinajstić information content (AvgIpc) is 2.88. The van der Waals surface area contributed by atoms with Crippen LogP contribution in [0.4, 0.5) is 4.39 Å². The Morgan fingerprint density at radius 3 is 2.25 bits per heavy atom. The van der Waals surface area contributed by atoms with Gasteiger partial charge in [-0.1, -0.05) is 60.7 Å². The number of ether oxygens (including phenoxy) is 2. The molecule has 4 rings (SSSR count). The lowest BCUT2D eigenvalue weighted by Gasteiger charge is -2.27. The Morgan fingerprint density at radius 2 is 1.53 bits per heavy atom. The lowest BCUT2D eigenvalue weighted by atomic mass is 9.92. The number of amides is 1. The zero-order chi connectivity index (χ0) is 25.5. The number of rotatable bonds is 10. The average molecular weight is 488 g/mol. The van der Waals surface area contributed by atoms with Gasteiger partial charge in [-0.25, -0.2) is 9.18 Å². The highest BCUT2D eigenvalue weighted by Crippen LogP contribution is 2.31. The van der Waals surface area contributed by atoms with Gasteiger partial charge in [0.05, 0.1) is 5.56 Å². The van der Waals surface area contributed by atoms with Crippen molar-refractivity contribution in [2.45, 2.75) is 18.9 Å². The number of halogens is 1. The summed E-state index contributed by atoms with van der Waals surface area (Å²) in [6.07, 6.45) is 0.115. The van der Waals surface area contributed by atoms with E-state index in [0.717, 1.165) is 10.9 Å². The van der Waals surface area contributed by atoms with Gasteiger partial charge in [-0.05, 0) is 48.2 Å². The molecular weight excluding hydrogens is 461 g/mol. The second kappa shape index (κ2) is 10.9. The van der Waals surface area contributed by atoms with Gasteiger partial charge in [-0.2, -0.15) is 0 Å². The third-order valence-electron chi connectivity index (χ3n) is 5.80. The van der Waals surface area contributed by atoms with Gasteiger partial charge in [-0.3, -0.25) is 4.79 Å². The van der Waals surface area contributed by atoms with Crippen LogP contribution in [0, 0.1) is 5.82 Å². The number of carboxylic acid groups (broad SMARTS) is 1. The molecule has 0 heterocycles. The Kier molecular flexibility index (Phi) is 7.49. The standard InChI is InChI=1S/C29H26FNO5/c1-29(28(33)34,19-20-7-3-2-4-8-20)31-27(32)25-16-11-21-9-5-6-10-24(21)26(25)36-18-17-35-23-14-12-22(30)13-15-23/h2-16H,17-19H2,1H3,(H,31,32)(H,33,34). The molecule has 0 aliphatic heterocycles. The molecule has 6 nitrogen and oxygen atoms in total. The van der Waals surface area contributed by atoms with E-state index in [0.29, 0.717) is 16.9 Å². The highest BCUT2D eigenvalue weighted by Gasteiger charge is 2.36. The fourth-order valence-electron chi connectivity index (χ4n) is 3.91. The molecule has 0 saturated heterocycles. The van der Waals surface area contributed by atoms with Crippen molar-refractivity contribution in [3.05, 3.63) is 108 Å². The Balaban J connectivity index is 1.55. The van der Waals surface area contributed by atoms with Crippen molar-refractivity contribution in [3.63, 3.8) is 0 Å². The van der Waals surface area contributed by atoms with Gasteiger partial charge in [0, 0.05) is 11.8 Å². The minimum absolute atomic E-state index is 0.115. The van der Waals surface area contributed by atoms with Crippen LogP contribution in [-0.2, 0) is 11.2 Å². The zero-order valence-corrected chi connectivity index (χ0v) is 19.7. The number of carbonyl (C=O) groups excluding carboxylic acids is 1. The smallest absolute Gasteiger partial charge is 0.329 e. The minimum atomic E-state index is -1.53. The van der Waals surface area contributed by atoms with Crippen molar-refractivity contribution >= 4 is 22.6 Å². The van der Waals surface area contributed by atoms with Crippen LogP contribution in [0.2, 0.25) is 0 Å². The number of fused-ring (bicyclic) bond motifs is 1. The Labute approximate surface area is 208 Å². The van der Waals surface area contributed by atoms with Crippen molar-refractivity contribution in [2.24, 2.45) is 0 Å². The maximum absolute atomic E-state index is 13.4. The van der Waals surface area contributed by atoms with E-state index in [1.807, 2.05) is 54.6 Å². The predicted octanol–water partition coefficient (Wildman–Crippen LogP) is 5.25. The summed E-state index contributed by atoms with van der Waals surface area (Å²) >= 11 is 0. The molecule has 0 saturated carbocycles. The predicted molar refractivity (Wildman–Crippen MR) is 135 cm³/mol. The lowest BCUT2D eigenvalue weighted by molar-refractivity contribution is -0.143. The maximum Gasteiger partial charge on any atom is 0.329 e. The van der Waals surface area contributed by atoms with Crippen LogP contribution < -0.4 is 14.8 Å². The summed E-state index contributed by atoms with van der Waals surface area (Å²) in [5.74, 6) is -1.23. The van der Waals surface area contributed by atoms with E-state index >= 15 is 0 Å². The topological polar surface area (TPSA) is 84.9 Å². The van der Waals surface area contributed by atoms with Crippen molar-refractivity contribution in [2.75, 3.05) is 13.2 Å². The molecule has 7 heteroatoms. The number of nitrogens with one attached hydrogen (secondary N) is 1. The van der Waals surface area contributed by atoms with E-state index in [4.69, 9.17) is 9.47 Å². The molecule has 0 fully saturated rings. The molecule has 0 aliphatic carbocycles. The maximum atomic E-state index is 13.4. The van der Waals surface area contributed by atoms with Crippen molar-refractivity contribution in [1.29, 1.82) is 0 Å². The van der Waals surface area contributed by atoms with E-state index in [2.05, 4.69) is 5.32 Å². The molecule has 0 aromatic heterocycles. The SMILES string of the molecule is CC(Cc1ccccc1)(NC(=O)c1ccc2ccccc2c1OCCOc1ccc(F)cc1)C(=O)O.